The van der Waals surface area contributed by atoms with Gasteiger partial charge in [0.25, 0.3) is 11.8 Å². The zero-order valence-electron chi connectivity index (χ0n) is 13.9. The normalized spacial score (nSPS) is 15.8. The van der Waals surface area contributed by atoms with Crippen LogP contribution < -0.4 is 14.8 Å². The molecule has 7 heteroatoms. The summed E-state index contributed by atoms with van der Waals surface area (Å²) in [7, 11) is 0. The highest BCUT2D eigenvalue weighted by Gasteiger charge is 2.38. The van der Waals surface area contributed by atoms with Crippen LogP contribution in [0.2, 0.25) is 5.02 Å². The highest BCUT2D eigenvalue weighted by atomic mass is 35.5. The summed E-state index contributed by atoms with van der Waals surface area (Å²) in [6.07, 6.45) is 0. The number of halogens is 1. The predicted molar refractivity (Wildman–Crippen MR) is 97.0 cm³/mol. The molecular weight excluding hydrogens is 356 g/mol. The van der Waals surface area contributed by atoms with Gasteiger partial charge >= 0.3 is 0 Å². The van der Waals surface area contributed by atoms with Crippen LogP contribution in [0.25, 0.3) is 5.57 Å². The van der Waals surface area contributed by atoms with E-state index in [0.29, 0.717) is 39.9 Å². The van der Waals surface area contributed by atoms with Crippen LogP contribution in [0.15, 0.2) is 48.2 Å². The summed E-state index contributed by atoms with van der Waals surface area (Å²) in [5.41, 5.74) is 1.82. The molecule has 26 heavy (non-hydrogen) atoms. The van der Waals surface area contributed by atoms with Crippen molar-refractivity contribution in [1.82, 2.24) is 4.90 Å². The molecule has 0 atom stereocenters. The standard InChI is InChI=1S/C19H15ClN2O4/c1-2-22-18(23)16(11-3-5-12(20)6-4-11)17(19(22)24)21-13-7-8-14-15(9-13)26-10-25-14/h3-9,21H,2,10H2,1H3. The lowest BCUT2D eigenvalue weighted by molar-refractivity contribution is -0.136. The van der Waals surface area contributed by atoms with Crippen LogP contribution in [0.4, 0.5) is 5.69 Å². The number of benzene rings is 2. The first-order valence-corrected chi connectivity index (χ1v) is 8.49. The van der Waals surface area contributed by atoms with E-state index >= 15 is 0 Å². The van der Waals surface area contributed by atoms with E-state index in [1.165, 1.54) is 4.90 Å². The molecule has 2 aliphatic rings. The van der Waals surface area contributed by atoms with E-state index in [4.69, 9.17) is 21.1 Å². The number of carbonyl (C=O) groups excluding carboxylic acids is 2. The minimum Gasteiger partial charge on any atom is -0.454 e. The largest absolute Gasteiger partial charge is 0.454 e. The quantitative estimate of drug-likeness (QED) is 0.836. The number of anilines is 1. The fourth-order valence-corrected chi connectivity index (χ4v) is 3.11. The number of amides is 2. The molecule has 132 valence electrons. The fraction of sp³-hybridized carbons (Fsp3) is 0.158. The highest BCUT2D eigenvalue weighted by Crippen LogP contribution is 2.36. The molecular formula is C19H15ClN2O4. The van der Waals surface area contributed by atoms with Gasteiger partial charge in [-0.15, -0.1) is 0 Å². The zero-order valence-corrected chi connectivity index (χ0v) is 14.7. The maximum Gasteiger partial charge on any atom is 0.278 e. The smallest absolute Gasteiger partial charge is 0.278 e. The number of hydrogen-bond acceptors (Lipinski definition) is 5. The van der Waals surface area contributed by atoms with Gasteiger partial charge in [-0.25, -0.2) is 0 Å². The molecule has 2 aliphatic heterocycles. The SMILES string of the molecule is CCN1C(=O)C(Nc2ccc3c(c2)OCO3)=C(c2ccc(Cl)cc2)C1=O. The van der Waals surface area contributed by atoms with Crippen molar-refractivity contribution in [1.29, 1.82) is 0 Å². The molecule has 2 heterocycles. The molecule has 1 N–H and O–H groups in total. The minimum absolute atomic E-state index is 0.165. The van der Waals surface area contributed by atoms with Crippen LogP contribution in [-0.4, -0.2) is 30.1 Å². The van der Waals surface area contributed by atoms with Gasteiger partial charge in [0.2, 0.25) is 6.79 Å². The van der Waals surface area contributed by atoms with Gasteiger partial charge in [-0.1, -0.05) is 23.7 Å². The number of carbonyl (C=O) groups is 2. The van der Waals surface area contributed by atoms with Crippen LogP contribution in [0.1, 0.15) is 12.5 Å². The Hall–Kier alpha value is -2.99. The van der Waals surface area contributed by atoms with Gasteiger partial charge in [0, 0.05) is 23.3 Å². The third kappa shape index (κ3) is 2.68. The third-order valence-corrected chi connectivity index (χ3v) is 4.51. The maximum atomic E-state index is 12.7. The monoisotopic (exact) mass is 370 g/mol. The summed E-state index contributed by atoms with van der Waals surface area (Å²) in [4.78, 5) is 26.7. The molecule has 0 bridgehead atoms. The fourth-order valence-electron chi connectivity index (χ4n) is 2.98. The average Bonchev–Trinajstić information content (AvgIpc) is 3.19. The van der Waals surface area contributed by atoms with Gasteiger partial charge in [-0.05, 0) is 36.8 Å². The minimum atomic E-state index is -0.361. The van der Waals surface area contributed by atoms with Gasteiger partial charge in [-0.3, -0.25) is 14.5 Å². The van der Waals surface area contributed by atoms with E-state index in [9.17, 15) is 9.59 Å². The first-order valence-electron chi connectivity index (χ1n) is 8.11. The molecule has 0 radical (unpaired) electrons. The molecule has 0 saturated carbocycles. The van der Waals surface area contributed by atoms with E-state index in [1.807, 2.05) is 0 Å². The number of ether oxygens (including phenoxy) is 2. The van der Waals surface area contributed by atoms with Crippen LogP contribution in [0.5, 0.6) is 11.5 Å². The second-order valence-corrected chi connectivity index (χ2v) is 6.24. The molecule has 2 amide bonds. The Morgan fingerprint density at radius 1 is 1.04 bits per heavy atom. The number of fused-ring (bicyclic) bond motifs is 1. The Morgan fingerprint density at radius 3 is 2.50 bits per heavy atom. The molecule has 0 aromatic heterocycles. The Balaban J connectivity index is 1.76. The predicted octanol–water partition coefficient (Wildman–Crippen LogP) is 3.28. The van der Waals surface area contributed by atoms with Crippen molar-refractivity contribution < 1.29 is 19.1 Å². The first-order chi connectivity index (χ1) is 12.6. The lowest BCUT2D eigenvalue weighted by Gasteiger charge is -2.12. The van der Waals surface area contributed by atoms with Gasteiger partial charge in [0.05, 0.1) is 5.57 Å². The second kappa shape index (κ2) is 6.38. The van der Waals surface area contributed by atoms with Gasteiger partial charge in [-0.2, -0.15) is 0 Å². The van der Waals surface area contributed by atoms with E-state index in [0.717, 1.165) is 0 Å². The lowest BCUT2D eigenvalue weighted by Crippen LogP contribution is -2.32. The van der Waals surface area contributed by atoms with E-state index in [-0.39, 0.29) is 24.3 Å². The Kier molecular flexibility index (Phi) is 4.05. The maximum absolute atomic E-state index is 12.7. The molecule has 0 saturated heterocycles. The number of rotatable bonds is 4. The molecule has 0 unspecified atom stereocenters. The second-order valence-electron chi connectivity index (χ2n) is 5.80. The van der Waals surface area contributed by atoms with Crippen LogP contribution in [-0.2, 0) is 9.59 Å². The number of nitrogens with one attached hydrogen (secondary N) is 1. The van der Waals surface area contributed by atoms with E-state index < -0.39 is 0 Å². The number of likely N-dealkylation sites (N-methyl/N-ethyl adjacent to an activating group) is 1. The zero-order chi connectivity index (χ0) is 18.3. The van der Waals surface area contributed by atoms with Crippen molar-refractivity contribution in [3.63, 3.8) is 0 Å². The summed E-state index contributed by atoms with van der Waals surface area (Å²) >= 11 is 5.94. The van der Waals surface area contributed by atoms with Crippen molar-refractivity contribution >= 4 is 34.7 Å². The van der Waals surface area contributed by atoms with Crippen LogP contribution in [0.3, 0.4) is 0 Å². The Labute approximate surface area is 155 Å². The molecule has 6 nitrogen and oxygen atoms in total. The summed E-state index contributed by atoms with van der Waals surface area (Å²) in [5.74, 6) is 0.544. The van der Waals surface area contributed by atoms with Crippen molar-refractivity contribution in [2.24, 2.45) is 0 Å². The average molecular weight is 371 g/mol. The lowest BCUT2D eigenvalue weighted by atomic mass is 10.0. The van der Waals surface area contributed by atoms with Gasteiger partial charge in [0.1, 0.15) is 5.70 Å². The van der Waals surface area contributed by atoms with Crippen molar-refractivity contribution in [2.45, 2.75) is 6.92 Å². The van der Waals surface area contributed by atoms with Gasteiger partial charge in [0.15, 0.2) is 11.5 Å². The van der Waals surface area contributed by atoms with E-state index in [2.05, 4.69) is 5.32 Å². The van der Waals surface area contributed by atoms with Crippen molar-refractivity contribution in [3.8, 4) is 11.5 Å². The number of imide groups is 1. The van der Waals surface area contributed by atoms with Crippen molar-refractivity contribution in [2.75, 3.05) is 18.7 Å². The van der Waals surface area contributed by atoms with E-state index in [1.54, 1.807) is 49.4 Å². The molecule has 0 aliphatic carbocycles. The van der Waals surface area contributed by atoms with Crippen molar-refractivity contribution in [3.05, 3.63) is 58.7 Å². The van der Waals surface area contributed by atoms with Crippen LogP contribution >= 0.6 is 11.6 Å². The Bertz CT molecular complexity index is 937. The number of hydrogen-bond donors (Lipinski definition) is 1. The Morgan fingerprint density at radius 2 is 1.77 bits per heavy atom. The third-order valence-electron chi connectivity index (χ3n) is 4.26. The topological polar surface area (TPSA) is 67.9 Å². The molecule has 0 fully saturated rings. The summed E-state index contributed by atoms with van der Waals surface area (Å²) in [5, 5.41) is 3.64. The summed E-state index contributed by atoms with van der Waals surface area (Å²) in [6.45, 7) is 2.22. The molecule has 4 rings (SSSR count). The van der Waals surface area contributed by atoms with Crippen LogP contribution in [0, 0.1) is 0 Å². The molecule has 2 aromatic rings. The highest BCUT2D eigenvalue weighted by molar-refractivity contribution is 6.36. The summed E-state index contributed by atoms with van der Waals surface area (Å²) < 4.78 is 10.7. The first kappa shape index (κ1) is 16.5. The summed E-state index contributed by atoms with van der Waals surface area (Å²) in [6, 6.07) is 12.1. The van der Waals surface area contributed by atoms with Gasteiger partial charge < -0.3 is 14.8 Å². The molecule has 0 spiro atoms. The number of nitrogens with zero attached hydrogens (tertiary/aromatic N) is 1. The molecule has 2 aromatic carbocycles.